The minimum Gasteiger partial charge on any atom is -0.370 e. The van der Waals surface area contributed by atoms with Gasteiger partial charge in [-0.3, -0.25) is 0 Å². The quantitative estimate of drug-likeness (QED) is 0.905. The summed E-state index contributed by atoms with van der Waals surface area (Å²) in [5.74, 6) is 3.78. The number of nitrogens with one attached hydrogen (secondary N) is 1. The fraction of sp³-hybridized carbons (Fsp3) is 0.733. The van der Waals surface area contributed by atoms with Crippen molar-refractivity contribution in [2.24, 2.45) is 5.92 Å². The first-order chi connectivity index (χ1) is 9.15. The van der Waals surface area contributed by atoms with Crippen molar-refractivity contribution in [1.82, 2.24) is 9.97 Å². The molecule has 1 N–H and O–H groups in total. The van der Waals surface area contributed by atoms with Gasteiger partial charge in [-0.1, -0.05) is 13.3 Å². The molecule has 0 aliphatic carbocycles. The predicted molar refractivity (Wildman–Crippen MR) is 80.9 cm³/mol. The van der Waals surface area contributed by atoms with Crippen LogP contribution in [0.4, 0.5) is 11.6 Å². The van der Waals surface area contributed by atoms with Crippen molar-refractivity contribution in [3.05, 3.63) is 11.4 Å². The van der Waals surface area contributed by atoms with Gasteiger partial charge in [-0.15, -0.1) is 0 Å². The maximum Gasteiger partial charge on any atom is 0.137 e. The average Bonchev–Trinajstić information content (AvgIpc) is 2.43. The van der Waals surface area contributed by atoms with Crippen molar-refractivity contribution in [2.75, 3.05) is 29.9 Å². The van der Waals surface area contributed by atoms with E-state index in [4.69, 9.17) is 0 Å². The standard InChI is InChI=1S/C15H26N4/c1-5-13-8-7-9-19(10-13)15-11(3)14(16-6-2)17-12(4)18-15/h13H,5-10H2,1-4H3,(H,16,17,18). The number of piperidine rings is 1. The van der Waals surface area contributed by atoms with Gasteiger partial charge in [0.25, 0.3) is 0 Å². The third-order valence-electron chi connectivity index (χ3n) is 3.97. The zero-order valence-corrected chi connectivity index (χ0v) is 12.7. The van der Waals surface area contributed by atoms with E-state index in [9.17, 15) is 0 Å². The minimum absolute atomic E-state index is 0.811. The molecule has 4 heteroatoms. The lowest BCUT2D eigenvalue weighted by atomic mass is 9.95. The van der Waals surface area contributed by atoms with Gasteiger partial charge in [-0.05, 0) is 39.5 Å². The van der Waals surface area contributed by atoms with Crippen LogP contribution in [0.5, 0.6) is 0 Å². The van der Waals surface area contributed by atoms with Gasteiger partial charge in [-0.2, -0.15) is 0 Å². The lowest BCUT2D eigenvalue weighted by molar-refractivity contribution is 0.402. The molecule has 19 heavy (non-hydrogen) atoms. The summed E-state index contributed by atoms with van der Waals surface area (Å²) in [6, 6.07) is 0. The van der Waals surface area contributed by atoms with Gasteiger partial charge in [0.1, 0.15) is 17.5 Å². The normalized spacial score (nSPS) is 19.6. The Morgan fingerprint density at radius 2 is 2.05 bits per heavy atom. The number of nitrogens with zero attached hydrogens (tertiary/aromatic N) is 3. The molecule has 1 aromatic heterocycles. The van der Waals surface area contributed by atoms with Gasteiger partial charge in [0.2, 0.25) is 0 Å². The summed E-state index contributed by atoms with van der Waals surface area (Å²) < 4.78 is 0. The highest BCUT2D eigenvalue weighted by Gasteiger charge is 2.22. The lowest BCUT2D eigenvalue weighted by Gasteiger charge is -2.34. The molecule has 1 unspecified atom stereocenters. The molecule has 1 fully saturated rings. The Morgan fingerprint density at radius 1 is 1.26 bits per heavy atom. The van der Waals surface area contributed by atoms with Crippen LogP contribution in [0.1, 0.15) is 44.5 Å². The molecule has 0 bridgehead atoms. The summed E-state index contributed by atoms with van der Waals surface area (Å²) in [5.41, 5.74) is 1.18. The summed E-state index contributed by atoms with van der Waals surface area (Å²) in [5, 5.41) is 3.34. The number of aryl methyl sites for hydroxylation is 1. The van der Waals surface area contributed by atoms with Crippen LogP contribution in [0.2, 0.25) is 0 Å². The van der Waals surface area contributed by atoms with Gasteiger partial charge < -0.3 is 10.2 Å². The van der Waals surface area contributed by atoms with Gasteiger partial charge >= 0.3 is 0 Å². The van der Waals surface area contributed by atoms with E-state index in [2.05, 4.69) is 41.0 Å². The van der Waals surface area contributed by atoms with Crippen molar-refractivity contribution in [3.8, 4) is 0 Å². The van der Waals surface area contributed by atoms with Crippen LogP contribution >= 0.6 is 0 Å². The zero-order valence-electron chi connectivity index (χ0n) is 12.7. The van der Waals surface area contributed by atoms with Gasteiger partial charge in [0.15, 0.2) is 0 Å². The van der Waals surface area contributed by atoms with Crippen molar-refractivity contribution in [2.45, 2.75) is 47.0 Å². The molecule has 106 valence electrons. The van der Waals surface area contributed by atoms with E-state index in [1.54, 1.807) is 0 Å². The molecule has 0 saturated carbocycles. The maximum absolute atomic E-state index is 4.68. The fourth-order valence-corrected chi connectivity index (χ4v) is 2.85. The molecule has 1 atom stereocenters. The van der Waals surface area contributed by atoms with Crippen LogP contribution in [-0.4, -0.2) is 29.6 Å². The van der Waals surface area contributed by atoms with Crippen molar-refractivity contribution in [1.29, 1.82) is 0 Å². The van der Waals surface area contributed by atoms with E-state index in [1.165, 1.54) is 24.8 Å². The Bertz CT molecular complexity index is 430. The Labute approximate surface area is 116 Å². The molecule has 0 amide bonds. The third-order valence-corrected chi connectivity index (χ3v) is 3.97. The van der Waals surface area contributed by atoms with E-state index in [-0.39, 0.29) is 0 Å². The van der Waals surface area contributed by atoms with Crippen LogP contribution in [0.15, 0.2) is 0 Å². The summed E-state index contributed by atoms with van der Waals surface area (Å²) in [7, 11) is 0. The second-order valence-corrected chi connectivity index (χ2v) is 5.46. The molecule has 1 aromatic rings. The van der Waals surface area contributed by atoms with Gasteiger partial charge in [0, 0.05) is 25.2 Å². The second kappa shape index (κ2) is 6.22. The van der Waals surface area contributed by atoms with E-state index in [0.29, 0.717) is 0 Å². The average molecular weight is 262 g/mol. The number of hydrogen-bond donors (Lipinski definition) is 1. The minimum atomic E-state index is 0.811. The first-order valence-electron chi connectivity index (χ1n) is 7.49. The summed E-state index contributed by atoms with van der Waals surface area (Å²) in [4.78, 5) is 11.6. The van der Waals surface area contributed by atoms with Crippen LogP contribution in [0.3, 0.4) is 0 Å². The highest BCUT2D eigenvalue weighted by atomic mass is 15.2. The monoisotopic (exact) mass is 262 g/mol. The number of rotatable bonds is 4. The Hall–Kier alpha value is -1.32. The molecular formula is C15H26N4. The first kappa shape index (κ1) is 14.1. The molecule has 1 saturated heterocycles. The summed E-state index contributed by atoms with van der Waals surface area (Å²) >= 11 is 0. The molecule has 0 spiro atoms. The molecule has 0 radical (unpaired) electrons. The summed E-state index contributed by atoms with van der Waals surface area (Å²) in [6.45, 7) is 11.7. The predicted octanol–water partition coefficient (Wildman–Crippen LogP) is 3.15. The van der Waals surface area contributed by atoms with E-state index in [0.717, 1.165) is 43.0 Å². The molecule has 2 heterocycles. The highest BCUT2D eigenvalue weighted by Crippen LogP contribution is 2.28. The smallest absolute Gasteiger partial charge is 0.137 e. The topological polar surface area (TPSA) is 41.1 Å². The fourth-order valence-electron chi connectivity index (χ4n) is 2.85. The van der Waals surface area contributed by atoms with Crippen LogP contribution in [-0.2, 0) is 0 Å². The van der Waals surface area contributed by atoms with E-state index in [1.807, 2.05) is 6.92 Å². The highest BCUT2D eigenvalue weighted by molar-refractivity contribution is 5.58. The molecular weight excluding hydrogens is 236 g/mol. The van der Waals surface area contributed by atoms with Crippen molar-refractivity contribution in [3.63, 3.8) is 0 Å². The largest absolute Gasteiger partial charge is 0.370 e. The van der Waals surface area contributed by atoms with Gasteiger partial charge in [0.05, 0.1) is 0 Å². The van der Waals surface area contributed by atoms with Crippen LogP contribution in [0.25, 0.3) is 0 Å². The Morgan fingerprint density at radius 3 is 2.74 bits per heavy atom. The zero-order chi connectivity index (χ0) is 13.8. The lowest BCUT2D eigenvalue weighted by Crippen LogP contribution is -2.36. The number of aromatic nitrogens is 2. The number of anilines is 2. The van der Waals surface area contributed by atoms with Crippen molar-refractivity contribution < 1.29 is 0 Å². The molecule has 2 rings (SSSR count). The molecule has 1 aliphatic rings. The maximum atomic E-state index is 4.68. The Balaban J connectivity index is 2.27. The van der Waals surface area contributed by atoms with Gasteiger partial charge in [-0.25, -0.2) is 9.97 Å². The van der Waals surface area contributed by atoms with Crippen LogP contribution < -0.4 is 10.2 Å². The summed E-state index contributed by atoms with van der Waals surface area (Å²) in [6.07, 6.45) is 3.90. The van der Waals surface area contributed by atoms with E-state index < -0.39 is 0 Å². The Kier molecular flexibility index (Phi) is 4.61. The molecule has 0 aromatic carbocycles. The number of hydrogen-bond acceptors (Lipinski definition) is 4. The molecule has 4 nitrogen and oxygen atoms in total. The first-order valence-corrected chi connectivity index (χ1v) is 7.49. The SMILES string of the molecule is CCNc1nc(C)nc(N2CCCC(CC)C2)c1C. The molecule has 1 aliphatic heterocycles. The third kappa shape index (κ3) is 3.17. The second-order valence-electron chi connectivity index (χ2n) is 5.46. The van der Waals surface area contributed by atoms with Crippen molar-refractivity contribution >= 4 is 11.6 Å². The van der Waals surface area contributed by atoms with E-state index >= 15 is 0 Å². The van der Waals surface area contributed by atoms with Crippen LogP contribution in [0, 0.1) is 19.8 Å².